The van der Waals surface area contributed by atoms with E-state index in [-0.39, 0.29) is 11.9 Å². The van der Waals surface area contributed by atoms with Crippen molar-refractivity contribution in [2.24, 2.45) is 0 Å². The largest absolute Gasteiger partial charge is 0.382 e. The molecule has 0 radical (unpaired) electrons. The minimum absolute atomic E-state index is 0.148. The zero-order chi connectivity index (χ0) is 12.0. The molecule has 0 aliphatic heterocycles. The Morgan fingerprint density at radius 1 is 1.62 bits per heavy atom. The summed E-state index contributed by atoms with van der Waals surface area (Å²) in [7, 11) is 1.67. The summed E-state index contributed by atoms with van der Waals surface area (Å²) in [4.78, 5) is 15.9. The van der Waals surface area contributed by atoms with Gasteiger partial charge in [0.1, 0.15) is 11.6 Å². The quantitative estimate of drug-likeness (QED) is 0.709. The maximum absolute atomic E-state index is 11.7. The number of hydrogen-bond donors (Lipinski definition) is 0. The van der Waals surface area contributed by atoms with Crippen molar-refractivity contribution in [2.75, 3.05) is 7.11 Å². The molecule has 0 amide bonds. The van der Waals surface area contributed by atoms with E-state index in [9.17, 15) is 4.79 Å². The monoisotopic (exact) mass is 224 g/mol. The minimum Gasteiger partial charge on any atom is -0.382 e. The Labute approximate surface area is 96.6 Å². The molecule has 16 heavy (non-hydrogen) atoms. The normalized spacial score (nSPS) is 12.7. The van der Waals surface area contributed by atoms with Crippen LogP contribution >= 0.6 is 0 Å². The lowest BCUT2D eigenvalue weighted by atomic mass is 10.1. The van der Waals surface area contributed by atoms with Gasteiger partial charge in [-0.15, -0.1) is 0 Å². The highest BCUT2D eigenvalue weighted by Crippen LogP contribution is 2.05. The first-order valence-corrected chi connectivity index (χ1v) is 5.71. The van der Waals surface area contributed by atoms with Crippen LogP contribution in [0, 0.1) is 0 Å². The number of ether oxygens (including phenoxy) is 1. The molecule has 0 N–H and O–H groups in total. The van der Waals surface area contributed by atoms with Crippen molar-refractivity contribution in [2.45, 2.75) is 45.8 Å². The van der Waals surface area contributed by atoms with E-state index in [4.69, 9.17) is 4.74 Å². The number of Topliss-reactive ketones (excluding diaryl/α,β-unsaturated/α-hetero) is 1. The molecular weight excluding hydrogens is 204 g/mol. The van der Waals surface area contributed by atoms with Crippen molar-refractivity contribution in [3.05, 3.63) is 18.2 Å². The van der Waals surface area contributed by atoms with Crippen LogP contribution in [0.5, 0.6) is 0 Å². The third-order valence-corrected chi connectivity index (χ3v) is 2.73. The molecule has 0 fully saturated rings. The number of methoxy groups -OCH3 is 1. The summed E-state index contributed by atoms with van der Waals surface area (Å²) in [5.74, 6) is 1.09. The predicted molar refractivity (Wildman–Crippen MR) is 62.3 cm³/mol. The van der Waals surface area contributed by atoms with Crippen LogP contribution in [-0.4, -0.2) is 28.5 Å². The SMILES string of the molecule is CCn1ccnc1CC(=O)CCC(C)OC. The predicted octanol–water partition coefficient (Wildman–Crippen LogP) is 1.83. The van der Waals surface area contributed by atoms with Gasteiger partial charge in [0.15, 0.2) is 0 Å². The van der Waals surface area contributed by atoms with E-state index in [1.54, 1.807) is 13.3 Å². The smallest absolute Gasteiger partial charge is 0.140 e. The topological polar surface area (TPSA) is 44.1 Å². The second kappa shape index (κ2) is 6.43. The first-order valence-electron chi connectivity index (χ1n) is 5.71. The summed E-state index contributed by atoms with van der Waals surface area (Å²) >= 11 is 0. The Morgan fingerprint density at radius 2 is 2.38 bits per heavy atom. The highest BCUT2D eigenvalue weighted by molar-refractivity contribution is 5.80. The maximum Gasteiger partial charge on any atom is 0.140 e. The third-order valence-electron chi connectivity index (χ3n) is 2.73. The van der Waals surface area contributed by atoms with Crippen molar-refractivity contribution >= 4 is 5.78 Å². The molecule has 1 unspecified atom stereocenters. The molecule has 0 spiro atoms. The summed E-state index contributed by atoms with van der Waals surface area (Å²) < 4.78 is 7.11. The molecule has 0 saturated carbocycles. The van der Waals surface area contributed by atoms with Gasteiger partial charge in [-0.05, 0) is 20.3 Å². The summed E-state index contributed by atoms with van der Waals surface area (Å²) in [6, 6.07) is 0. The standard InChI is InChI=1S/C12H20N2O2/c1-4-14-8-7-13-12(14)9-11(15)6-5-10(2)16-3/h7-8,10H,4-6,9H2,1-3H3. The van der Waals surface area contributed by atoms with Crippen molar-refractivity contribution < 1.29 is 9.53 Å². The zero-order valence-electron chi connectivity index (χ0n) is 10.3. The number of nitrogens with zero attached hydrogens (tertiary/aromatic N) is 2. The van der Waals surface area contributed by atoms with Gasteiger partial charge in [0.25, 0.3) is 0 Å². The molecule has 1 aromatic rings. The molecule has 90 valence electrons. The highest BCUT2D eigenvalue weighted by atomic mass is 16.5. The van der Waals surface area contributed by atoms with Crippen molar-refractivity contribution in [3.8, 4) is 0 Å². The Balaban J connectivity index is 2.40. The van der Waals surface area contributed by atoms with E-state index in [0.717, 1.165) is 18.8 Å². The lowest BCUT2D eigenvalue weighted by Crippen LogP contribution is -2.12. The number of rotatable bonds is 7. The van der Waals surface area contributed by atoms with Crippen molar-refractivity contribution in [1.82, 2.24) is 9.55 Å². The van der Waals surface area contributed by atoms with Gasteiger partial charge in [-0.3, -0.25) is 4.79 Å². The second-order valence-corrected chi connectivity index (χ2v) is 3.93. The molecule has 4 nitrogen and oxygen atoms in total. The summed E-state index contributed by atoms with van der Waals surface area (Å²) in [6.45, 7) is 4.88. The lowest BCUT2D eigenvalue weighted by Gasteiger charge is -2.08. The highest BCUT2D eigenvalue weighted by Gasteiger charge is 2.10. The maximum atomic E-state index is 11.7. The molecule has 0 saturated heterocycles. The Bertz CT molecular complexity index is 334. The first kappa shape index (κ1) is 12.9. The summed E-state index contributed by atoms with van der Waals surface area (Å²) in [5, 5.41) is 0. The molecule has 1 atom stereocenters. The molecule has 1 aromatic heterocycles. The Morgan fingerprint density at radius 3 is 3.00 bits per heavy atom. The van der Waals surface area contributed by atoms with Gasteiger partial charge in [0.2, 0.25) is 0 Å². The van der Waals surface area contributed by atoms with Gasteiger partial charge in [-0.25, -0.2) is 4.98 Å². The Kier molecular flexibility index (Phi) is 5.19. The number of carbonyl (C=O) groups is 1. The van der Waals surface area contributed by atoms with Crippen LogP contribution in [0.4, 0.5) is 0 Å². The van der Waals surface area contributed by atoms with Gasteiger partial charge in [-0.1, -0.05) is 0 Å². The van der Waals surface area contributed by atoms with Crippen molar-refractivity contribution in [3.63, 3.8) is 0 Å². The number of aryl methyl sites for hydroxylation is 1. The van der Waals surface area contributed by atoms with E-state index in [1.807, 2.05) is 24.6 Å². The molecule has 0 aliphatic rings. The van der Waals surface area contributed by atoms with Gasteiger partial charge < -0.3 is 9.30 Å². The minimum atomic E-state index is 0.148. The first-order chi connectivity index (χ1) is 7.67. The van der Waals surface area contributed by atoms with E-state index in [1.165, 1.54) is 0 Å². The fourth-order valence-corrected chi connectivity index (χ4v) is 1.54. The fraction of sp³-hybridized carbons (Fsp3) is 0.667. The summed E-state index contributed by atoms with van der Waals surface area (Å²) in [6.07, 6.45) is 5.56. The lowest BCUT2D eigenvalue weighted by molar-refractivity contribution is -0.119. The number of aromatic nitrogens is 2. The number of ketones is 1. The van der Waals surface area contributed by atoms with Crippen LogP contribution in [0.1, 0.15) is 32.5 Å². The van der Waals surface area contributed by atoms with Crippen LogP contribution in [-0.2, 0) is 22.5 Å². The van der Waals surface area contributed by atoms with Crippen LogP contribution < -0.4 is 0 Å². The molecule has 0 aromatic carbocycles. The van der Waals surface area contributed by atoms with Crippen LogP contribution in [0.15, 0.2) is 12.4 Å². The zero-order valence-corrected chi connectivity index (χ0v) is 10.3. The molecule has 4 heteroatoms. The van der Waals surface area contributed by atoms with Gasteiger partial charge in [0.05, 0.1) is 12.5 Å². The number of imidazole rings is 1. The van der Waals surface area contributed by atoms with Gasteiger partial charge in [0, 0.05) is 32.5 Å². The molecule has 0 aliphatic carbocycles. The Hall–Kier alpha value is -1.16. The van der Waals surface area contributed by atoms with Gasteiger partial charge in [-0.2, -0.15) is 0 Å². The van der Waals surface area contributed by atoms with E-state index in [0.29, 0.717) is 12.8 Å². The average molecular weight is 224 g/mol. The van der Waals surface area contributed by atoms with Crippen molar-refractivity contribution in [1.29, 1.82) is 0 Å². The van der Waals surface area contributed by atoms with Gasteiger partial charge >= 0.3 is 0 Å². The average Bonchev–Trinajstić information content (AvgIpc) is 2.73. The molecule has 1 rings (SSSR count). The van der Waals surface area contributed by atoms with E-state index in [2.05, 4.69) is 4.98 Å². The van der Waals surface area contributed by atoms with Crippen LogP contribution in [0.25, 0.3) is 0 Å². The number of hydrogen-bond acceptors (Lipinski definition) is 3. The molecule has 1 heterocycles. The van der Waals surface area contributed by atoms with E-state index < -0.39 is 0 Å². The van der Waals surface area contributed by atoms with Crippen LogP contribution in [0.2, 0.25) is 0 Å². The molecule has 0 bridgehead atoms. The summed E-state index contributed by atoms with van der Waals surface area (Å²) in [5.41, 5.74) is 0. The van der Waals surface area contributed by atoms with Crippen LogP contribution in [0.3, 0.4) is 0 Å². The second-order valence-electron chi connectivity index (χ2n) is 3.93. The molecular formula is C12H20N2O2. The fourth-order valence-electron chi connectivity index (χ4n) is 1.54. The third kappa shape index (κ3) is 3.77. The number of carbonyl (C=O) groups excluding carboxylic acids is 1. The van der Waals surface area contributed by atoms with E-state index >= 15 is 0 Å².